The van der Waals surface area contributed by atoms with E-state index in [0.29, 0.717) is 10.7 Å². The first-order valence-corrected chi connectivity index (χ1v) is 9.15. The highest BCUT2D eigenvalue weighted by Gasteiger charge is 2.27. The number of hydrogen-bond donors (Lipinski definition) is 1. The molecule has 1 amide bonds. The second kappa shape index (κ2) is 6.95. The van der Waals surface area contributed by atoms with Crippen molar-refractivity contribution in [1.82, 2.24) is 5.32 Å². The summed E-state index contributed by atoms with van der Waals surface area (Å²) < 4.78 is 0. The zero-order valence-corrected chi connectivity index (χ0v) is 14.1. The highest BCUT2D eigenvalue weighted by Crippen LogP contribution is 2.32. The lowest BCUT2D eigenvalue weighted by Crippen LogP contribution is -2.35. The lowest BCUT2D eigenvalue weighted by Gasteiger charge is -2.28. The van der Waals surface area contributed by atoms with Gasteiger partial charge in [-0.15, -0.1) is 0 Å². The second-order valence-electron chi connectivity index (χ2n) is 6.51. The fourth-order valence-electron chi connectivity index (χ4n) is 3.72. The summed E-state index contributed by atoms with van der Waals surface area (Å²) in [6.45, 7) is 0.858. The average molecular weight is 350 g/mol. The van der Waals surface area contributed by atoms with Crippen molar-refractivity contribution >= 4 is 21.8 Å². The summed E-state index contributed by atoms with van der Waals surface area (Å²) in [5.74, 6) is 0.979. The first kappa shape index (κ1) is 15.1. The monoisotopic (exact) mass is 349 g/mol. The van der Waals surface area contributed by atoms with Crippen LogP contribution in [0.1, 0.15) is 55.6 Å². The molecule has 0 spiro atoms. The molecule has 114 valence electrons. The van der Waals surface area contributed by atoms with Crippen molar-refractivity contribution in [3.63, 3.8) is 0 Å². The van der Waals surface area contributed by atoms with Crippen LogP contribution in [0.4, 0.5) is 0 Å². The van der Waals surface area contributed by atoms with E-state index in [1.807, 2.05) is 0 Å². The third-order valence-corrected chi connectivity index (χ3v) is 5.94. The van der Waals surface area contributed by atoms with Crippen LogP contribution in [0.25, 0.3) is 0 Å². The van der Waals surface area contributed by atoms with Crippen LogP contribution in [0, 0.1) is 5.92 Å². The standard InChI is InChI=1S/C18H24BrNO/c19-15-10-8-13(9-11-15)12-20-18(21)17-7-3-5-14-4-1-2-6-16(14)17/h1-2,4,6,13,15,17H,3,5,7-12H2,(H,20,21). The van der Waals surface area contributed by atoms with Gasteiger partial charge in [0, 0.05) is 11.4 Å². The molecule has 0 bridgehead atoms. The lowest BCUT2D eigenvalue weighted by molar-refractivity contribution is -0.123. The molecule has 3 heteroatoms. The predicted octanol–water partition coefficient (Wildman–Crippen LogP) is 4.18. The van der Waals surface area contributed by atoms with E-state index in [0.717, 1.165) is 25.8 Å². The van der Waals surface area contributed by atoms with Gasteiger partial charge in [-0.2, -0.15) is 0 Å². The van der Waals surface area contributed by atoms with Gasteiger partial charge in [-0.05, 0) is 62.0 Å². The Morgan fingerprint density at radius 2 is 1.90 bits per heavy atom. The Morgan fingerprint density at radius 1 is 1.14 bits per heavy atom. The molecule has 0 radical (unpaired) electrons. The minimum atomic E-state index is 0.0717. The van der Waals surface area contributed by atoms with Gasteiger partial charge in [0.05, 0.1) is 5.92 Å². The number of nitrogens with one attached hydrogen (secondary N) is 1. The van der Waals surface area contributed by atoms with Crippen LogP contribution < -0.4 is 5.32 Å². The minimum Gasteiger partial charge on any atom is -0.355 e. The Balaban J connectivity index is 1.57. The maximum absolute atomic E-state index is 12.5. The van der Waals surface area contributed by atoms with Crippen molar-refractivity contribution in [1.29, 1.82) is 0 Å². The van der Waals surface area contributed by atoms with Gasteiger partial charge in [0.1, 0.15) is 0 Å². The van der Waals surface area contributed by atoms with Crippen LogP contribution in [0.5, 0.6) is 0 Å². The van der Waals surface area contributed by atoms with Gasteiger partial charge in [0.2, 0.25) is 5.91 Å². The Hall–Kier alpha value is -0.830. The number of alkyl halides is 1. The molecule has 1 aromatic carbocycles. The van der Waals surface area contributed by atoms with Crippen molar-refractivity contribution in [3.05, 3.63) is 35.4 Å². The van der Waals surface area contributed by atoms with Crippen molar-refractivity contribution in [2.45, 2.75) is 55.7 Å². The van der Waals surface area contributed by atoms with E-state index in [-0.39, 0.29) is 11.8 Å². The summed E-state index contributed by atoms with van der Waals surface area (Å²) in [6.07, 6.45) is 8.20. The fourth-order valence-corrected chi connectivity index (χ4v) is 4.25. The van der Waals surface area contributed by atoms with E-state index in [1.54, 1.807) is 0 Å². The molecule has 0 saturated heterocycles. The zero-order chi connectivity index (χ0) is 14.7. The molecule has 3 rings (SSSR count). The number of halogens is 1. The molecular formula is C18H24BrNO. The van der Waals surface area contributed by atoms with Gasteiger partial charge in [-0.25, -0.2) is 0 Å². The molecule has 1 atom stereocenters. The quantitative estimate of drug-likeness (QED) is 0.815. The summed E-state index contributed by atoms with van der Waals surface area (Å²) in [5, 5.41) is 3.22. The molecule has 21 heavy (non-hydrogen) atoms. The first-order valence-electron chi connectivity index (χ1n) is 8.23. The van der Waals surface area contributed by atoms with Gasteiger partial charge < -0.3 is 5.32 Å². The molecule has 1 N–H and O–H groups in total. The molecule has 2 nitrogen and oxygen atoms in total. The van der Waals surface area contributed by atoms with Crippen LogP contribution >= 0.6 is 15.9 Å². The number of aryl methyl sites for hydroxylation is 1. The summed E-state index contributed by atoms with van der Waals surface area (Å²) in [4.78, 5) is 13.2. The van der Waals surface area contributed by atoms with E-state index >= 15 is 0 Å². The van der Waals surface area contributed by atoms with E-state index in [4.69, 9.17) is 0 Å². The Kier molecular flexibility index (Phi) is 4.99. The number of rotatable bonds is 3. The number of hydrogen-bond acceptors (Lipinski definition) is 1. The number of benzene rings is 1. The van der Waals surface area contributed by atoms with E-state index in [2.05, 4.69) is 45.5 Å². The summed E-state index contributed by atoms with van der Waals surface area (Å²) in [6, 6.07) is 8.44. The first-order chi connectivity index (χ1) is 10.2. The fraction of sp³-hybridized carbons (Fsp3) is 0.611. The zero-order valence-electron chi connectivity index (χ0n) is 12.5. The average Bonchev–Trinajstić information content (AvgIpc) is 2.53. The van der Waals surface area contributed by atoms with Gasteiger partial charge in [-0.1, -0.05) is 40.2 Å². The van der Waals surface area contributed by atoms with Crippen molar-refractivity contribution in [2.75, 3.05) is 6.54 Å². The maximum atomic E-state index is 12.5. The number of carbonyl (C=O) groups excluding carboxylic acids is 1. The lowest BCUT2D eigenvalue weighted by atomic mass is 9.82. The van der Waals surface area contributed by atoms with Crippen LogP contribution in [0.3, 0.4) is 0 Å². The smallest absolute Gasteiger partial charge is 0.227 e. The minimum absolute atomic E-state index is 0.0717. The molecular weight excluding hydrogens is 326 g/mol. The highest BCUT2D eigenvalue weighted by molar-refractivity contribution is 9.09. The van der Waals surface area contributed by atoms with Crippen LogP contribution in [0.15, 0.2) is 24.3 Å². The normalized spacial score (nSPS) is 28.7. The number of amides is 1. The molecule has 2 aliphatic rings. The van der Waals surface area contributed by atoms with Crippen molar-refractivity contribution < 1.29 is 4.79 Å². The van der Waals surface area contributed by atoms with Crippen LogP contribution in [-0.2, 0) is 11.2 Å². The number of fused-ring (bicyclic) bond motifs is 1. The SMILES string of the molecule is O=C(NCC1CCC(Br)CC1)C1CCCc2ccccc21. The third kappa shape index (κ3) is 3.68. The van der Waals surface area contributed by atoms with Gasteiger partial charge in [0.25, 0.3) is 0 Å². The molecule has 1 unspecified atom stereocenters. The largest absolute Gasteiger partial charge is 0.355 e. The predicted molar refractivity (Wildman–Crippen MR) is 89.8 cm³/mol. The van der Waals surface area contributed by atoms with E-state index in [1.165, 1.54) is 36.8 Å². The summed E-state index contributed by atoms with van der Waals surface area (Å²) >= 11 is 3.69. The van der Waals surface area contributed by atoms with E-state index < -0.39 is 0 Å². The Bertz CT molecular complexity index is 494. The number of carbonyl (C=O) groups is 1. The third-order valence-electron chi connectivity index (χ3n) is 5.03. The molecule has 2 aliphatic carbocycles. The Morgan fingerprint density at radius 3 is 2.71 bits per heavy atom. The van der Waals surface area contributed by atoms with Gasteiger partial charge in [-0.3, -0.25) is 4.79 Å². The molecule has 1 aromatic rings. The molecule has 0 aromatic heterocycles. The molecule has 0 heterocycles. The van der Waals surface area contributed by atoms with Crippen molar-refractivity contribution in [2.24, 2.45) is 5.92 Å². The highest BCUT2D eigenvalue weighted by atomic mass is 79.9. The van der Waals surface area contributed by atoms with Crippen molar-refractivity contribution in [3.8, 4) is 0 Å². The van der Waals surface area contributed by atoms with Gasteiger partial charge in [0.15, 0.2) is 0 Å². The molecule has 1 fully saturated rings. The summed E-state index contributed by atoms with van der Waals surface area (Å²) in [5.41, 5.74) is 2.62. The van der Waals surface area contributed by atoms with E-state index in [9.17, 15) is 4.79 Å². The van der Waals surface area contributed by atoms with Crippen LogP contribution in [0.2, 0.25) is 0 Å². The second-order valence-corrected chi connectivity index (χ2v) is 7.80. The molecule has 1 saturated carbocycles. The van der Waals surface area contributed by atoms with Gasteiger partial charge >= 0.3 is 0 Å². The Labute approximate surface area is 135 Å². The van der Waals surface area contributed by atoms with Crippen LogP contribution in [-0.4, -0.2) is 17.3 Å². The maximum Gasteiger partial charge on any atom is 0.227 e. The molecule has 0 aliphatic heterocycles. The summed E-state index contributed by atoms with van der Waals surface area (Å²) in [7, 11) is 0. The topological polar surface area (TPSA) is 29.1 Å².